The third kappa shape index (κ3) is 5.29. The van der Waals surface area contributed by atoms with E-state index < -0.39 is 24.8 Å². The molecule has 0 unspecified atom stereocenters. The summed E-state index contributed by atoms with van der Waals surface area (Å²) >= 11 is 0. The molecule has 21 heavy (non-hydrogen) atoms. The van der Waals surface area contributed by atoms with Gasteiger partial charge in [0.15, 0.2) is 0 Å². The topological polar surface area (TPSA) is 88.6 Å². The number of sulfone groups is 1. The van der Waals surface area contributed by atoms with Crippen molar-refractivity contribution in [1.82, 2.24) is 4.90 Å². The van der Waals surface area contributed by atoms with Gasteiger partial charge >= 0.3 is 0 Å². The monoisotopic (exact) mass is 353 g/mol. The van der Waals surface area contributed by atoms with E-state index in [0.717, 1.165) is 11.2 Å². The minimum Gasteiger partial charge on any atom is -0.341 e. The van der Waals surface area contributed by atoms with Crippen LogP contribution >= 0.6 is 10.7 Å². The molecule has 1 aromatic rings. The fraction of sp³-hybridized carbons (Fsp3) is 0.417. The lowest BCUT2D eigenvalue weighted by Crippen LogP contribution is -2.32. The van der Waals surface area contributed by atoms with Gasteiger partial charge in [-0.2, -0.15) is 0 Å². The van der Waals surface area contributed by atoms with Crippen LogP contribution in [-0.2, 0) is 18.9 Å². The zero-order chi connectivity index (χ0) is 16.4. The summed E-state index contributed by atoms with van der Waals surface area (Å²) in [6.07, 6.45) is 1.06. The fourth-order valence-corrected chi connectivity index (χ4v) is 3.28. The first kappa shape index (κ1) is 17.9. The molecule has 0 aliphatic carbocycles. The van der Waals surface area contributed by atoms with Crippen molar-refractivity contribution >= 4 is 35.5 Å². The summed E-state index contributed by atoms with van der Waals surface area (Å²) in [4.78, 5) is 13.2. The number of amides is 1. The molecule has 0 aliphatic heterocycles. The van der Waals surface area contributed by atoms with Crippen LogP contribution in [0.4, 0.5) is 0 Å². The summed E-state index contributed by atoms with van der Waals surface area (Å²) < 4.78 is 45.3. The van der Waals surface area contributed by atoms with Crippen molar-refractivity contribution in [3.63, 3.8) is 0 Å². The van der Waals surface area contributed by atoms with Gasteiger partial charge in [0, 0.05) is 30.5 Å². The van der Waals surface area contributed by atoms with Gasteiger partial charge in [-0.05, 0) is 19.1 Å². The van der Waals surface area contributed by atoms with E-state index in [1.807, 2.05) is 0 Å². The predicted octanol–water partition coefficient (Wildman–Crippen LogP) is 1.04. The predicted molar refractivity (Wildman–Crippen MR) is 80.9 cm³/mol. The minimum absolute atomic E-state index is 0.0343. The number of benzene rings is 1. The Morgan fingerprint density at radius 1 is 1.24 bits per heavy atom. The van der Waals surface area contributed by atoms with Crippen molar-refractivity contribution in [3.8, 4) is 0 Å². The van der Waals surface area contributed by atoms with Crippen LogP contribution in [0.25, 0.3) is 0 Å². The van der Waals surface area contributed by atoms with E-state index in [9.17, 15) is 21.6 Å². The van der Waals surface area contributed by atoms with Crippen LogP contribution in [0.3, 0.4) is 0 Å². The van der Waals surface area contributed by atoms with Crippen molar-refractivity contribution in [2.45, 2.75) is 11.8 Å². The lowest BCUT2D eigenvalue weighted by atomic mass is 10.1. The maximum absolute atomic E-state index is 12.3. The molecule has 1 rings (SSSR count). The van der Waals surface area contributed by atoms with Gasteiger partial charge in [0.2, 0.25) is 0 Å². The summed E-state index contributed by atoms with van der Waals surface area (Å²) in [5.74, 6) is -0.800. The van der Waals surface area contributed by atoms with E-state index in [1.165, 1.54) is 25.2 Å². The van der Waals surface area contributed by atoms with E-state index >= 15 is 0 Å². The molecule has 0 aromatic heterocycles. The molecule has 0 atom stereocenters. The Morgan fingerprint density at radius 3 is 2.29 bits per heavy atom. The lowest BCUT2D eigenvalue weighted by molar-refractivity contribution is 0.0799. The third-order valence-corrected chi connectivity index (χ3v) is 5.08. The standard InChI is InChI=1S/C12H16ClNO5S2/c1-9-4-5-11(21(13,18)19)10(8-9)12(15)14(2)6-7-20(3,16)17/h4-5,8H,6-7H2,1-3H3. The van der Waals surface area contributed by atoms with Gasteiger partial charge in [-0.25, -0.2) is 16.8 Å². The van der Waals surface area contributed by atoms with Crippen molar-refractivity contribution in [3.05, 3.63) is 29.3 Å². The Hall–Kier alpha value is -1.12. The second kappa shape index (κ2) is 6.33. The Labute approximate surface area is 129 Å². The van der Waals surface area contributed by atoms with Gasteiger partial charge < -0.3 is 4.90 Å². The zero-order valence-corrected chi connectivity index (χ0v) is 14.2. The second-order valence-electron chi connectivity index (χ2n) is 4.79. The van der Waals surface area contributed by atoms with Crippen LogP contribution in [0.2, 0.25) is 0 Å². The maximum Gasteiger partial charge on any atom is 0.262 e. The van der Waals surface area contributed by atoms with E-state index in [2.05, 4.69) is 0 Å². The summed E-state index contributed by atoms with van der Waals surface area (Å²) in [6.45, 7) is 1.67. The lowest BCUT2D eigenvalue weighted by Gasteiger charge is -2.18. The molecular formula is C12H16ClNO5S2. The van der Waals surface area contributed by atoms with Crippen molar-refractivity contribution in [2.24, 2.45) is 0 Å². The molecule has 0 saturated heterocycles. The van der Waals surface area contributed by atoms with Crippen molar-refractivity contribution < 1.29 is 21.6 Å². The molecule has 0 aliphatic rings. The molecular weight excluding hydrogens is 338 g/mol. The van der Waals surface area contributed by atoms with Gasteiger partial charge in [0.25, 0.3) is 15.0 Å². The highest BCUT2D eigenvalue weighted by atomic mass is 35.7. The molecule has 118 valence electrons. The largest absolute Gasteiger partial charge is 0.341 e. The summed E-state index contributed by atoms with van der Waals surface area (Å²) in [7, 11) is -0.562. The molecule has 1 amide bonds. The van der Waals surface area contributed by atoms with E-state index in [0.29, 0.717) is 5.56 Å². The molecule has 0 N–H and O–H groups in total. The highest BCUT2D eigenvalue weighted by molar-refractivity contribution is 8.13. The fourth-order valence-electron chi connectivity index (χ4n) is 1.63. The van der Waals surface area contributed by atoms with Crippen LogP contribution in [0, 0.1) is 6.92 Å². The smallest absolute Gasteiger partial charge is 0.262 e. The molecule has 0 spiro atoms. The SMILES string of the molecule is Cc1ccc(S(=O)(=O)Cl)c(C(=O)N(C)CCS(C)(=O)=O)c1. The normalized spacial score (nSPS) is 12.2. The molecule has 1 aromatic carbocycles. The van der Waals surface area contributed by atoms with Crippen LogP contribution < -0.4 is 0 Å². The Kier molecular flexibility index (Phi) is 5.40. The molecule has 0 heterocycles. The third-order valence-electron chi connectivity index (χ3n) is 2.77. The first-order valence-electron chi connectivity index (χ1n) is 5.90. The average Bonchev–Trinajstić information content (AvgIpc) is 2.32. The van der Waals surface area contributed by atoms with Gasteiger partial charge in [0.05, 0.1) is 16.2 Å². The number of hydrogen-bond donors (Lipinski definition) is 0. The number of carbonyl (C=O) groups is 1. The zero-order valence-electron chi connectivity index (χ0n) is 11.8. The first-order chi connectivity index (χ1) is 9.42. The van der Waals surface area contributed by atoms with E-state index in [4.69, 9.17) is 10.7 Å². The summed E-state index contributed by atoms with van der Waals surface area (Å²) in [5, 5.41) is 0. The van der Waals surface area contributed by atoms with Crippen molar-refractivity contribution in [2.75, 3.05) is 25.6 Å². The minimum atomic E-state index is -4.07. The number of rotatable bonds is 5. The number of nitrogens with zero attached hydrogens (tertiary/aromatic N) is 1. The van der Waals surface area contributed by atoms with Gasteiger partial charge in [-0.1, -0.05) is 11.6 Å². The number of aryl methyl sites for hydroxylation is 1. The Bertz CT molecular complexity index is 756. The Morgan fingerprint density at radius 2 is 1.81 bits per heavy atom. The second-order valence-corrected chi connectivity index (χ2v) is 9.59. The van der Waals surface area contributed by atoms with Gasteiger partial charge in [-0.3, -0.25) is 4.79 Å². The molecule has 0 saturated carbocycles. The molecule has 0 bridgehead atoms. The highest BCUT2D eigenvalue weighted by Gasteiger charge is 2.23. The number of carbonyl (C=O) groups excluding carboxylic acids is 1. The van der Waals surface area contributed by atoms with E-state index in [-0.39, 0.29) is 22.8 Å². The number of hydrogen-bond acceptors (Lipinski definition) is 5. The van der Waals surface area contributed by atoms with E-state index in [1.54, 1.807) is 6.92 Å². The highest BCUT2D eigenvalue weighted by Crippen LogP contribution is 2.22. The summed E-state index contributed by atoms with van der Waals surface area (Å²) in [5.41, 5.74) is 0.625. The molecule has 0 radical (unpaired) electrons. The van der Waals surface area contributed by atoms with Crippen LogP contribution in [0.5, 0.6) is 0 Å². The maximum atomic E-state index is 12.3. The number of halogens is 1. The molecule has 6 nitrogen and oxygen atoms in total. The van der Waals surface area contributed by atoms with Gasteiger partial charge in [-0.15, -0.1) is 0 Å². The Balaban J connectivity index is 3.15. The molecule has 0 fully saturated rings. The van der Waals surface area contributed by atoms with Crippen LogP contribution in [0.15, 0.2) is 23.1 Å². The first-order valence-corrected chi connectivity index (χ1v) is 10.3. The summed E-state index contributed by atoms with van der Waals surface area (Å²) in [6, 6.07) is 4.20. The van der Waals surface area contributed by atoms with Crippen LogP contribution in [-0.4, -0.2) is 53.2 Å². The van der Waals surface area contributed by atoms with Crippen molar-refractivity contribution in [1.29, 1.82) is 0 Å². The van der Waals surface area contributed by atoms with Crippen LogP contribution in [0.1, 0.15) is 15.9 Å². The van der Waals surface area contributed by atoms with Gasteiger partial charge in [0.1, 0.15) is 9.84 Å². The average molecular weight is 354 g/mol. The molecule has 9 heteroatoms. The quantitative estimate of drug-likeness (QED) is 0.738.